The standard InChI is InChI=1S/C14H21NO3S2/c1-14(2,3)19-11-7-10-13(16)15-20(17,18)12-8-5-4-6-9-12/h4-6,8-9H,7,10-11H2,1-3H3,(H,15,16). The summed E-state index contributed by atoms with van der Waals surface area (Å²) in [5, 5.41) is 0. The zero-order valence-electron chi connectivity index (χ0n) is 12.0. The molecule has 1 aromatic rings. The molecular formula is C14H21NO3S2. The van der Waals surface area contributed by atoms with E-state index in [1.54, 1.807) is 30.0 Å². The fourth-order valence-corrected chi connectivity index (χ4v) is 3.41. The van der Waals surface area contributed by atoms with Gasteiger partial charge in [-0.25, -0.2) is 13.1 Å². The van der Waals surface area contributed by atoms with Gasteiger partial charge in [-0.1, -0.05) is 39.0 Å². The van der Waals surface area contributed by atoms with Crippen LogP contribution in [0, 0.1) is 0 Å². The summed E-state index contributed by atoms with van der Waals surface area (Å²) in [6.07, 6.45) is 0.882. The highest BCUT2D eigenvalue weighted by atomic mass is 32.2. The van der Waals surface area contributed by atoms with E-state index in [0.717, 1.165) is 5.75 Å². The normalized spacial score (nSPS) is 12.2. The number of rotatable bonds is 6. The maximum Gasteiger partial charge on any atom is 0.264 e. The number of benzene rings is 1. The van der Waals surface area contributed by atoms with Crippen molar-refractivity contribution in [2.24, 2.45) is 0 Å². The number of hydrogen-bond acceptors (Lipinski definition) is 4. The van der Waals surface area contributed by atoms with Gasteiger partial charge in [0.25, 0.3) is 10.0 Å². The highest BCUT2D eigenvalue weighted by molar-refractivity contribution is 8.00. The zero-order chi connectivity index (χ0) is 15.2. The minimum atomic E-state index is -3.73. The Morgan fingerprint density at radius 2 is 1.80 bits per heavy atom. The number of nitrogens with one attached hydrogen (secondary N) is 1. The number of hydrogen-bond donors (Lipinski definition) is 1. The van der Waals surface area contributed by atoms with Gasteiger partial charge in [-0.15, -0.1) is 0 Å². The van der Waals surface area contributed by atoms with Crippen LogP contribution >= 0.6 is 11.8 Å². The molecule has 112 valence electrons. The molecule has 4 nitrogen and oxygen atoms in total. The van der Waals surface area contributed by atoms with Crippen LogP contribution in [0.25, 0.3) is 0 Å². The number of thioether (sulfide) groups is 1. The molecule has 0 unspecified atom stereocenters. The summed E-state index contributed by atoms with van der Waals surface area (Å²) < 4.78 is 26.0. The molecule has 0 fully saturated rings. The second-order valence-corrected chi connectivity index (χ2v) is 9.01. The van der Waals surface area contributed by atoms with Crippen LogP contribution < -0.4 is 4.72 Å². The van der Waals surface area contributed by atoms with Crippen LogP contribution in [0.4, 0.5) is 0 Å². The minimum absolute atomic E-state index is 0.109. The topological polar surface area (TPSA) is 63.2 Å². The van der Waals surface area contributed by atoms with Crippen molar-refractivity contribution in [2.75, 3.05) is 5.75 Å². The average molecular weight is 315 g/mol. The van der Waals surface area contributed by atoms with Gasteiger partial charge < -0.3 is 0 Å². The summed E-state index contributed by atoms with van der Waals surface area (Å²) in [6.45, 7) is 6.33. The van der Waals surface area contributed by atoms with Gasteiger partial charge in [0.15, 0.2) is 0 Å². The molecule has 0 aromatic heterocycles. The van der Waals surface area contributed by atoms with E-state index >= 15 is 0 Å². The van der Waals surface area contributed by atoms with Gasteiger partial charge in [0.1, 0.15) is 0 Å². The Bertz CT molecular complexity index is 533. The third kappa shape index (κ3) is 6.43. The molecule has 1 N–H and O–H groups in total. The summed E-state index contributed by atoms with van der Waals surface area (Å²) in [6, 6.07) is 7.90. The first-order valence-electron chi connectivity index (χ1n) is 6.45. The monoisotopic (exact) mass is 315 g/mol. The van der Waals surface area contributed by atoms with Crippen molar-refractivity contribution in [3.63, 3.8) is 0 Å². The predicted molar refractivity (Wildman–Crippen MR) is 83.2 cm³/mol. The highest BCUT2D eigenvalue weighted by Crippen LogP contribution is 2.24. The lowest BCUT2D eigenvalue weighted by atomic mass is 10.3. The van der Waals surface area contributed by atoms with Crippen molar-refractivity contribution < 1.29 is 13.2 Å². The third-order valence-corrected chi connectivity index (χ3v) is 5.13. The van der Waals surface area contributed by atoms with E-state index < -0.39 is 15.9 Å². The summed E-state index contributed by atoms with van der Waals surface area (Å²) in [7, 11) is -3.73. The lowest BCUT2D eigenvalue weighted by Crippen LogP contribution is -2.30. The number of sulfonamides is 1. The van der Waals surface area contributed by atoms with Gasteiger partial charge in [0.05, 0.1) is 4.90 Å². The number of amides is 1. The molecular weight excluding hydrogens is 294 g/mol. The van der Waals surface area contributed by atoms with E-state index in [1.165, 1.54) is 12.1 Å². The van der Waals surface area contributed by atoms with Gasteiger partial charge in [0, 0.05) is 11.2 Å². The van der Waals surface area contributed by atoms with Gasteiger partial charge in [-0.3, -0.25) is 4.79 Å². The van der Waals surface area contributed by atoms with Gasteiger partial charge in [-0.2, -0.15) is 11.8 Å². The van der Waals surface area contributed by atoms with Crippen molar-refractivity contribution in [1.82, 2.24) is 4.72 Å². The molecule has 6 heteroatoms. The molecule has 0 saturated carbocycles. The Morgan fingerprint density at radius 1 is 1.20 bits per heavy atom. The van der Waals surface area contributed by atoms with Crippen molar-refractivity contribution in [3.8, 4) is 0 Å². The van der Waals surface area contributed by atoms with Gasteiger partial charge in [0.2, 0.25) is 5.91 Å². The van der Waals surface area contributed by atoms with Crippen molar-refractivity contribution in [1.29, 1.82) is 0 Å². The molecule has 1 rings (SSSR count). The number of carbonyl (C=O) groups excluding carboxylic acids is 1. The van der Waals surface area contributed by atoms with Crippen LogP contribution in [0.5, 0.6) is 0 Å². The van der Waals surface area contributed by atoms with Gasteiger partial charge >= 0.3 is 0 Å². The molecule has 0 spiro atoms. The quantitative estimate of drug-likeness (QED) is 0.820. The molecule has 0 saturated heterocycles. The molecule has 0 radical (unpaired) electrons. The molecule has 1 aromatic carbocycles. The summed E-state index contributed by atoms with van der Waals surface area (Å²) in [5.41, 5.74) is 0. The molecule has 0 aliphatic carbocycles. The summed E-state index contributed by atoms with van der Waals surface area (Å²) >= 11 is 1.76. The first-order chi connectivity index (χ1) is 9.21. The lowest BCUT2D eigenvalue weighted by molar-refractivity contribution is -0.119. The Kier molecular flexibility index (Phi) is 6.07. The molecule has 0 aliphatic rings. The molecule has 20 heavy (non-hydrogen) atoms. The molecule has 0 aliphatic heterocycles. The largest absolute Gasteiger partial charge is 0.274 e. The van der Waals surface area contributed by atoms with E-state index in [4.69, 9.17) is 0 Å². The Hall–Kier alpha value is -1.01. The minimum Gasteiger partial charge on any atom is -0.274 e. The van der Waals surface area contributed by atoms with Crippen LogP contribution in [0.2, 0.25) is 0 Å². The SMILES string of the molecule is CC(C)(C)SCCCC(=O)NS(=O)(=O)c1ccccc1. The zero-order valence-corrected chi connectivity index (χ0v) is 13.7. The summed E-state index contributed by atoms with van der Waals surface area (Å²) in [4.78, 5) is 11.8. The average Bonchev–Trinajstić information content (AvgIpc) is 2.34. The lowest BCUT2D eigenvalue weighted by Gasteiger charge is -2.17. The van der Waals surface area contributed by atoms with E-state index in [-0.39, 0.29) is 16.1 Å². The second kappa shape index (κ2) is 7.13. The van der Waals surface area contributed by atoms with Crippen LogP contribution in [0.15, 0.2) is 35.2 Å². The molecule has 0 bridgehead atoms. The molecule has 0 heterocycles. The van der Waals surface area contributed by atoms with E-state index in [9.17, 15) is 13.2 Å². The van der Waals surface area contributed by atoms with Crippen LogP contribution in [0.3, 0.4) is 0 Å². The fraction of sp³-hybridized carbons (Fsp3) is 0.500. The van der Waals surface area contributed by atoms with Gasteiger partial charge in [-0.05, 0) is 24.3 Å². The first kappa shape index (κ1) is 17.0. The van der Waals surface area contributed by atoms with Crippen LogP contribution in [-0.2, 0) is 14.8 Å². The van der Waals surface area contributed by atoms with E-state index in [1.807, 2.05) is 0 Å². The highest BCUT2D eigenvalue weighted by Gasteiger charge is 2.17. The van der Waals surface area contributed by atoms with Crippen LogP contribution in [0.1, 0.15) is 33.6 Å². The van der Waals surface area contributed by atoms with Crippen LogP contribution in [-0.4, -0.2) is 24.8 Å². The molecule has 0 atom stereocenters. The Balaban J connectivity index is 2.43. The maximum atomic E-state index is 11.9. The van der Waals surface area contributed by atoms with E-state index in [2.05, 4.69) is 25.5 Å². The fourth-order valence-electron chi connectivity index (χ4n) is 1.47. The second-order valence-electron chi connectivity index (χ2n) is 5.41. The smallest absolute Gasteiger partial charge is 0.264 e. The predicted octanol–water partition coefficient (Wildman–Crippen LogP) is 2.80. The maximum absolute atomic E-state index is 11.9. The van der Waals surface area contributed by atoms with Crippen molar-refractivity contribution in [2.45, 2.75) is 43.3 Å². The summed E-state index contributed by atoms with van der Waals surface area (Å²) in [5.74, 6) is 0.380. The molecule has 1 amide bonds. The Labute approximate surface area is 125 Å². The van der Waals surface area contributed by atoms with E-state index in [0.29, 0.717) is 6.42 Å². The Morgan fingerprint density at radius 3 is 2.35 bits per heavy atom. The number of carbonyl (C=O) groups is 1. The first-order valence-corrected chi connectivity index (χ1v) is 8.92. The third-order valence-electron chi connectivity index (χ3n) is 2.38. The van der Waals surface area contributed by atoms with Crippen molar-refractivity contribution >= 4 is 27.7 Å². The van der Waals surface area contributed by atoms with Crippen molar-refractivity contribution in [3.05, 3.63) is 30.3 Å².